The standard InChI is InChI=1S/C24H24O3/c1-5-7-9-11-25-21-15-19-20-16-22(26-12-10-8-6-2)18(4)14-24(20)27-23(19)13-17(21)3/h5-10,13-16H,1-2,11-12H2,3-4H3/b9-7+,10-8+. The van der Waals surface area contributed by atoms with E-state index in [1.54, 1.807) is 12.2 Å². The van der Waals surface area contributed by atoms with Gasteiger partial charge >= 0.3 is 0 Å². The smallest absolute Gasteiger partial charge is 0.135 e. The second kappa shape index (κ2) is 8.45. The third-order valence-electron chi connectivity index (χ3n) is 4.28. The van der Waals surface area contributed by atoms with Crippen LogP contribution in [0.15, 0.2) is 78.3 Å². The van der Waals surface area contributed by atoms with E-state index in [1.807, 2.05) is 62.4 Å². The zero-order valence-corrected chi connectivity index (χ0v) is 15.8. The van der Waals surface area contributed by atoms with Crippen molar-refractivity contribution >= 4 is 21.9 Å². The lowest BCUT2D eigenvalue weighted by atomic mass is 10.1. The first-order chi connectivity index (χ1) is 13.1. The van der Waals surface area contributed by atoms with Crippen molar-refractivity contribution < 1.29 is 13.9 Å². The summed E-state index contributed by atoms with van der Waals surface area (Å²) in [5, 5.41) is 2.04. The van der Waals surface area contributed by atoms with Crippen molar-refractivity contribution in [1.29, 1.82) is 0 Å². The number of aryl methyl sites for hydroxylation is 2. The number of fused-ring (bicyclic) bond motifs is 3. The molecular formula is C24H24O3. The van der Waals surface area contributed by atoms with Gasteiger partial charge in [-0.05, 0) is 61.4 Å². The first-order valence-electron chi connectivity index (χ1n) is 8.92. The predicted octanol–water partition coefficient (Wildman–Crippen LogP) is 6.44. The minimum Gasteiger partial charge on any atom is -0.489 e. The van der Waals surface area contributed by atoms with Gasteiger partial charge in [-0.15, -0.1) is 0 Å². The molecule has 0 fully saturated rings. The molecule has 3 heteroatoms. The lowest BCUT2D eigenvalue weighted by Crippen LogP contribution is -1.95. The summed E-state index contributed by atoms with van der Waals surface area (Å²) < 4.78 is 17.8. The molecule has 0 saturated carbocycles. The molecule has 3 rings (SSSR count). The van der Waals surface area contributed by atoms with Crippen LogP contribution in [0.1, 0.15) is 11.1 Å². The minimum absolute atomic E-state index is 0.497. The normalized spacial score (nSPS) is 11.6. The molecule has 2 aromatic carbocycles. The average Bonchev–Trinajstić information content (AvgIpc) is 2.98. The number of hydrogen-bond acceptors (Lipinski definition) is 3. The van der Waals surface area contributed by atoms with Gasteiger partial charge in [-0.25, -0.2) is 0 Å². The van der Waals surface area contributed by atoms with E-state index in [9.17, 15) is 0 Å². The molecule has 0 bridgehead atoms. The summed E-state index contributed by atoms with van der Waals surface area (Å²) in [5.41, 5.74) is 3.77. The van der Waals surface area contributed by atoms with E-state index in [0.717, 1.165) is 44.6 Å². The van der Waals surface area contributed by atoms with Gasteiger partial charge < -0.3 is 13.9 Å². The highest BCUT2D eigenvalue weighted by Gasteiger charge is 2.13. The van der Waals surface area contributed by atoms with Crippen molar-refractivity contribution in [2.45, 2.75) is 13.8 Å². The molecule has 1 aromatic heterocycles. The van der Waals surface area contributed by atoms with E-state index in [0.29, 0.717) is 13.2 Å². The first-order valence-corrected chi connectivity index (χ1v) is 8.92. The van der Waals surface area contributed by atoms with E-state index in [1.165, 1.54) is 0 Å². The molecule has 3 aromatic rings. The van der Waals surface area contributed by atoms with Gasteiger partial charge in [0.25, 0.3) is 0 Å². The van der Waals surface area contributed by atoms with E-state index >= 15 is 0 Å². The molecule has 0 N–H and O–H groups in total. The van der Waals surface area contributed by atoms with E-state index < -0.39 is 0 Å². The quantitative estimate of drug-likeness (QED) is 0.433. The highest BCUT2D eigenvalue weighted by atomic mass is 16.5. The number of rotatable bonds is 8. The summed E-state index contributed by atoms with van der Waals surface area (Å²) in [6.45, 7) is 12.4. The molecule has 0 spiro atoms. The maximum Gasteiger partial charge on any atom is 0.135 e. The molecule has 0 unspecified atom stereocenters. The van der Waals surface area contributed by atoms with Gasteiger partial charge in [-0.1, -0.05) is 37.5 Å². The van der Waals surface area contributed by atoms with Crippen LogP contribution in [0.4, 0.5) is 0 Å². The average molecular weight is 360 g/mol. The Kier molecular flexibility index (Phi) is 5.82. The van der Waals surface area contributed by atoms with Crippen LogP contribution >= 0.6 is 0 Å². The van der Waals surface area contributed by atoms with Gasteiger partial charge in [0.2, 0.25) is 0 Å². The number of hydrogen-bond donors (Lipinski definition) is 0. The summed E-state index contributed by atoms with van der Waals surface area (Å²) in [5.74, 6) is 1.69. The largest absolute Gasteiger partial charge is 0.489 e. The molecule has 0 aliphatic carbocycles. The van der Waals surface area contributed by atoms with Crippen molar-refractivity contribution in [2.75, 3.05) is 13.2 Å². The van der Waals surface area contributed by atoms with Crippen LogP contribution < -0.4 is 9.47 Å². The Morgan fingerprint density at radius 2 is 1.22 bits per heavy atom. The first kappa shape index (κ1) is 18.6. The third-order valence-corrected chi connectivity index (χ3v) is 4.28. The molecule has 0 aliphatic heterocycles. The van der Waals surface area contributed by atoms with Gasteiger partial charge in [0, 0.05) is 10.8 Å². The van der Waals surface area contributed by atoms with Crippen molar-refractivity contribution in [3.63, 3.8) is 0 Å². The molecule has 0 atom stereocenters. The summed E-state index contributed by atoms with van der Waals surface area (Å²) >= 11 is 0. The molecule has 0 amide bonds. The molecule has 0 aliphatic rings. The Morgan fingerprint density at radius 3 is 1.63 bits per heavy atom. The molecule has 138 valence electrons. The number of furan rings is 1. The van der Waals surface area contributed by atoms with Crippen LogP contribution in [0.3, 0.4) is 0 Å². The Bertz CT molecular complexity index is 953. The van der Waals surface area contributed by atoms with Crippen LogP contribution in [-0.2, 0) is 0 Å². The number of benzene rings is 2. The summed E-state index contributed by atoms with van der Waals surface area (Å²) in [6.07, 6.45) is 11.1. The molecule has 3 nitrogen and oxygen atoms in total. The van der Waals surface area contributed by atoms with Crippen LogP contribution in [0, 0.1) is 13.8 Å². The fourth-order valence-corrected chi connectivity index (χ4v) is 2.92. The number of allylic oxidation sites excluding steroid dienone is 4. The minimum atomic E-state index is 0.497. The fraction of sp³-hybridized carbons (Fsp3) is 0.167. The lowest BCUT2D eigenvalue weighted by molar-refractivity contribution is 0.360. The van der Waals surface area contributed by atoms with Gasteiger partial charge in [0.15, 0.2) is 0 Å². The highest BCUT2D eigenvalue weighted by Crippen LogP contribution is 2.36. The van der Waals surface area contributed by atoms with Crippen LogP contribution in [-0.4, -0.2) is 13.2 Å². The Morgan fingerprint density at radius 1 is 0.778 bits per heavy atom. The highest BCUT2D eigenvalue weighted by molar-refractivity contribution is 6.06. The molecule has 27 heavy (non-hydrogen) atoms. The van der Waals surface area contributed by atoms with E-state index in [2.05, 4.69) is 13.2 Å². The summed E-state index contributed by atoms with van der Waals surface area (Å²) in [7, 11) is 0. The van der Waals surface area contributed by atoms with Gasteiger partial charge in [-0.2, -0.15) is 0 Å². The second-order valence-corrected chi connectivity index (χ2v) is 6.28. The topological polar surface area (TPSA) is 31.6 Å². The third kappa shape index (κ3) is 4.14. The Labute approximate surface area is 159 Å². The van der Waals surface area contributed by atoms with E-state index in [4.69, 9.17) is 13.9 Å². The van der Waals surface area contributed by atoms with Crippen LogP contribution in [0.2, 0.25) is 0 Å². The molecule has 1 heterocycles. The maximum atomic E-state index is 6.04. The van der Waals surface area contributed by atoms with E-state index in [-0.39, 0.29) is 0 Å². The van der Waals surface area contributed by atoms with Gasteiger partial charge in [-0.3, -0.25) is 0 Å². The number of ether oxygens (including phenoxy) is 2. The van der Waals surface area contributed by atoms with Crippen LogP contribution in [0.25, 0.3) is 21.9 Å². The zero-order chi connectivity index (χ0) is 19.2. The van der Waals surface area contributed by atoms with Crippen molar-refractivity contribution in [1.82, 2.24) is 0 Å². The summed E-state index contributed by atoms with van der Waals surface area (Å²) in [4.78, 5) is 0. The maximum absolute atomic E-state index is 6.04. The van der Waals surface area contributed by atoms with Crippen molar-refractivity contribution in [2.24, 2.45) is 0 Å². The molecule has 0 radical (unpaired) electrons. The Balaban J connectivity index is 1.98. The Hall–Kier alpha value is -3.20. The lowest BCUT2D eigenvalue weighted by Gasteiger charge is -2.08. The fourth-order valence-electron chi connectivity index (χ4n) is 2.92. The summed E-state index contributed by atoms with van der Waals surface area (Å²) in [6, 6.07) is 8.11. The van der Waals surface area contributed by atoms with Crippen LogP contribution in [0.5, 0.6) is 11.5 Å². The van der Waals surface area contributed by atoms with Gasteiger partial charge in [0.1, 0.15) is 35.9 Å². The second-order valence-electron chi connectivity index (χ2n) is 6.28. The van der Waals surface area contributed by atoms with Crippen molar-refractivity contribution in [3.05, 3.63) is 85.0 Å². The zero-order valence-electron chi connectivity index (χ0n) is 15.8. The van der Waals surface area contributed by atoms with Crippen molar-refractivity contribution in [3.8, 4) is 11.5 Å². The molecular weight excluding hydrogens is 336 g/mol. The van der Waals surface area contributed by atoms with Gasteiger partial charge in [0.05, 0.1) is 0 Å². The monoisotopic (exact) mass is 360 g/mol. The molecule has 0 saturated heterocycles. The SMILES string of the molecule is C=C/C=C/COc1cc2c(cc1C)oc1cc(C)c(OC/C=C/C=C)cc12. The predicted molar refractivity (Wildman–Crippen MR) is 113 cm³/mol.